The number of amides is 1. The highest BCUT2D eigenvalue weighted by Crippen LogP contribution is 2.29. The molecule has 1 aromatic heterocycles. The topological polar surface area (TPSA) is 71.0 Å². The fraction of sp³-hybridized carbons (Fsp3) is 0.526. The Balaban J connectivity index is 1.67. The maximum atomic E-state index is 12.9. The summed E-state index contributed by atoms with van der Waals surface area (Å²) in [6, 6.07) is 10.0. The van der Waals surface area contributed by atoms with Crippen LogP contribution in [0.2, 0.25) is 0 Å². The minimum absolute atomic E-state index is 0.0723. The van der Waals surface area contributed by atoms with Crippen molar-refractivity contribution in [2.45, 2.75) is 51.5 Å². The highest BCUT2D eigenvalue weighted by molar-refractivity contribution is 5.83. The van der Waals surface area contributed by atoms with Crippen molar-refractivity contribution in [3.63, 3.8) is 0 Å². The van der Waals surface area contributed by atoms with Gasteiger partial charge >= 0.3 is 5.69 Å². The molecule has 0 radical (unpaired) electrons. The predicted octanol–water partition coefficient (Wildman–Crippen LogP) is 2.49. The Morgan fingerprint density at radius 1 is 1.24 bits per heavy atom. The molecule has 0 saturated carbocycles. The van der Waals surface area contributed by atoms with Gasteiger partial charge in [-0.25, -0.2) is 9.89 Å². The average Bonchev–Trinajstić information content (AvgIpc) is 3.04. The van der Waals surface area contributed by atoms with E-state index in [1.54, 1.807) is 4.57 Å². The molecule has 3 rings (SSSR count). The molecule has 1 amide bonds. The first-order chi connectivity index (χ1) is 12.2. The Bertz CT molecular complexity index is 757. The molecule has 1 aromatic carbocycles. The monoisotopic (exact) mass is 342 g/mol. The molecule has 0 bridgehead atoms. The number of benzene rings is 1. The van der Waals surface area contributed by atoms with Crippen LogP contribution in [0.1, 0.15) is 56.3 Å². The molecule has 0 aliphatic carbocycles. The second-order valence-corrected chi connectivity index (χ2v) is 6.60. The number of piperidine rings is 1. The molecule has 1 N–H and O–H groups in total. The summed E-state index contributed by atoms with van der Waals surface area (Å²) in [7, 11) is 0. The van der Waals surface area contributed by atoms with E-state index in [0.29, 0.717) is 6.54 Å². The lowest BCUT2D eigenvalue weighted by atomic mass is 9.91. The number of aromatic nitrogens is 3. The number of nitrogens with one attached hydrogen (secondary N) is 1. The van der Waals surface area contributed by atoms with Gasteiger partial charge in [0.1, 0.15) is 5.82 Å². The molecule has 134 valence electrons. The smallest absolute Gasteiger partial charge is 0.342 e. The van der Waals surface area contributed by atoms with Gasteiger partial charge in [0.15, 0.2) is 0 Å². The number of hydrogen-bond donors (Lipinski definition) is 1. The van der Waals surface area contributed by atoms with Crippen molar-refractivity contribution < 1.29 is 4.79 Å². The molecule has 1 saturated heterocycles. The third kappa shape index (κ3) is 3.52. The maximum Gasteiger partial charge on any atom is 0.343 e. The summed E-state index contributed by atoms with van der Waals surface area (Å²) in [5.74, 6) is 1.20. The van der Waals surface area contributed by atoms with E-state index >= 15 is 0 Å². The van der Waals surface area contributed by atoms with E-state index in [9.17, 15) is 9.59 Å². The zero-order chi connectivity index (χ0) is 17.8. The van der Waals surface area contributed by atoms with Crippen LogP contribution < -0.4 is 5.69 Å². The van der Waals surface area contributed by atoms with E-state index < -0.39 is 0 Å². The van der Waals surface area contributed by atoms with Crippen LogP contribution in [-0.4, -0.2) is 38.7 Å². The summed E-state index contributed by atoms with van der Waals surface area (Å²) < 4.78 is 1.70. The molecule has 6 nitrogen and oxygen atoms in total. The highest BCUT2D eigenvalue weighted by Gasteiger charge is 2.30. The Labute approximate surface area is 147 Å². The van der Waals surface area contributed by atoms with Gasteiger partial charge in [0.05, 0.1) is 5.92 Å². The Morgan fingerprint density at radius 2 is 1.92 bits per heavy atom. The molecule has 25 heavy (non-hydrogen) atoms. The Hall–Kier alpha value is -2.37. The van der Waals surface area contributed by atoms with Crippen molar-refractivity contribution >= 4 is 5.91 Å². The molecular formula is C19H26N4O2. The predicted molar refractivity (Wildman–Crippen MR) is 96.6 cm³/mol. The van der Waals surface area contributed by atoms with Gasteiger partial charge in [-0.1, -0.05) is 37.3 Å². The van der Waals surface area contributed by atoms with Gasteiger partial charge < -0.3 is 4.90 Å². The van der Waals surface area contributed by atoms with Crippen LogP contribution >= 0.6 is 0 Å². The van der Waals surface area contributed by atoms with E-state index in [-0.39, 0.29) is 23.4 Å². The SMILES string of the molecule is CC[C@H](C(=O)N1CCC(c2n[nH]c(=O)n2CC)CC1)c1ccccc1. The van der Waals surface area contributed by atoms with Crippen molar-refractivity contribution in [2.75, 3.05) is 13.1 Å². The number of carbonyl (C=O) groups is 1. The number of rotatable bonds is 5. The van der Waals surface area contributed by atoms with Crippen LogP contribution in [0.25, 0.3) is 0 Å². The van der Waals surface area contributed by atoms with Crippen molar-refractivity contribution in [1.82, 2.24) is 19.7 Å². The fourth-order valence-corrected chi connectivity index (χ4v) is 3.76. The summed E-state index contributed by atoms with van der Waals surface area (Å²) >= 11 is 0. The zero-order valence-electron chi connectivity index (χ0n) is 14.9. The molecule has 6 heteroatoms. The molecule has 2 aromatic rings. The third-order valence-corrected chi connectivity index (χ3v) is 5.18. The molecule has 1 fully saturated rings. The first-order valence-corrected chi connectivity index (χ1v) is 9.14. The average molecular weight is 342 g/mol. The normalized spacial score (nSPS) is 16.8. The number of nitrogens with zero attached hydrogens (tertiary/aromatic N) is 3. The van der Waals surface area contributed by atoms with Crippen LogP contribution in [0.4, 0.5) is 0 Å². The molecule has 1 aliphatic rings. The van der Waals surface area contributed by atoms with E-state index in [0.717, 1.165) is 43.7 Å². The maximum absolute atomic E-state index is 12.9. The Morgan fingerprint density at radius 3 is 2.52 bits per heavy atom. The summed E-state index contributed by atoms with van der Waals surface area (Å²) in [5.41, 5.74) is 0.940. The van der Waals surface area contributed by atoms with Gasteiger partial charge in [-0.15, -0.1) is 0 Å². The molecule has 1 aliphatic heterocycles. The van der Waals surface area contributed by atoms with Gasteiger partial charge in [0.2, 0.25) is 5.91 Å². The largest absolute Gasteiger partial charge is 0.343 e. The number of aromatic amines is 1. The van der Waals surface area contributed by atoms with Crippen LogP contribution in [0, 0.1) is 0 Å². The summed E-state index contributed by atoms with van der Waals surface area (Å²) in [6.45, 7) is 6.07. The van der Waals surface area contributed by atoms with Gasteiger partial charge in [-0.3, -0.25) is 9.36 Å². The van der Waals surface area contributed by atoms with Crippen molar-refractivity contribution in [2.24, 2.45) is 0 Å². The van der Waals surface area contributed by atoms with Crippen LogP contribution in [-0.2, 0) is 11.3 Å². The first-order valence-electron chi connectivity index (χ1n) is 9.14. The van der Waals surface area contributed by atoms with Crippen LogP contribution in [0.5, 0.6) is 0 Å². The van der Waals surface area contributed by atoms with Gasteiger partial charge in [-0.2, -0.15) is 5.10 Å². The number of hydrogen-bond acceptors (Lipinski definition) is 3. The lowest BCUT2D eigenvalue weighted by molar-refractivity contribution is -0.134. The van der Waals surface area contributed by atoms with Crippen LogP contribution in [0.3, 0.4) is 0 Å². The number of H-pyrrole nitrogens is 1. The second kappa shape index (κ2) is 7.68. The van der Waals surface area contributed by atoms with Crippen molar-refractivity contribution in [3.8, 4) is 0 Å². The number of carbonyl (C=O) groups excluding carboxylic acids is 1. The van der Waals surface area contributed by atoms with Gasteiger partial charge in [0.25, 0.3) is 0 Å². The first kappa shape index (κ1) is 17.5. The lowest BCUT2D eigenvalue weighted by Crippen LogP contribution is -2.41. The molecule has 0 unspecified atom stereocenters. The summed E-state index contributed by atoms with van der Waals surface area (Å²) in [4.78, 5) is 26.7. The van der Waals surface area contributed by atoms with Gasteiger partial charge in [-0.05, 0) is 31.7 Å². The lowest BCUT2D eigenvalue weighted by Gasteiger charge is -2.34. The third-order valence-electron chi connectivity index (χ3n) is 5.18. The Kier molecular flexibility index (Phi) is 5.36. The highest BCUT2D eigenvalue weighted by atomic mass is 16.2. The fourth-order valence-electron chi connectivity index (χ4n) is 3.76. The second-order valence-electron chi connectivity index (χ2n) is 6.60. The van der Waals surface area contributed by atoms with Crippen molar-refractivity contribution in [1.29, 1.82) is 0 Å². The standard InChI is InChI=1S/C19H26N4O2/c1-3-16(14-8-6-5-7-9-14)18(24)22-12-10-15(11-13-22)17-20-21-19(25)23(17)4-2/h5-9,15-16H,3-4,10-13H2,1-2H3,(H,21,25)/t16-/m0/s1. The van der Waals surface area contributed by atoms with Crippen molar-refractivity contribution in [3.05, 3.63) is 52.2 Å². The number of likely N-dealkylation sites (tertiary alicyclic amines) is 1. The molecule has 0 spiro atoms. The molecular weight excluding hydrogens is 316 g/mol. The van der Waals surface area contributed by atoms with Crippen LogP contribution in [0.15, 0.2) is 35.1 Å². The summed E-state index contributed by atoms with van der Waals surface area (Å²) in [6.07, 6.45) is 2.50. The van der Waals surface area contributed by atoms with E-state index in [1.165, 1.54) is 0 Å². The quantitative estimate of drug-likeness (QED) is 0.907. The van der Waals surface area contributed by atoms with E-state index in [4.69, 9.17) is 0 Å². The minimum atomic E-state index is -0.147. The molecule has 2 heterocycles. The molecule has 1 atom stereocenters. The van der Waals surface area contributed by atoms with E-state index in [2.05, 4.69) is 17.1 Å². The summed E-state index contributed by atoms with van der Waals surface area (Å²) in [5, 5.41) is 6.75. The zero-order valence-corrected chi connectivity index (χ0v) is 14.9. The minimum Gasteiger partial charge on any atom is -0.342 e. The van der Waals surface area contributed by atoms with E-state index in [1.807, 2.05) is 42.2 Å². The van der Waals surface area contributed by atoms with Gasteiger partial charge in [0, 0.05) is 25.6 Å².